The van der Waals surface area contributed by atoms with E-state index in [-0.39, 0.29) is 0 Å². The molecule has 1 rings (SSSR count). The largest absolute Gasteiger partial charge is 0.388 e. The zero-order valence-electron chi connectivity index (χ0n) is 7.43. The zero-order chi connectivity index (χ0) is 9.84. The van der Waals surface area contributed by atoms with Gasteiger partial charge in [-0.3, -0.25) is 0 Å². The number of aliphatic hydroxyl groups excluding tert-OH is 1. The maximum atomic E-state index is 9.63. The summed E-state index contributed by atoms with van der Waals surface area (Å²) >= 11 is 11.6. The van der Waals surface area contributed by atoms with Crippen LogP contribution in [0.1, 0.15) is 31.4 Å². The van der Waals surface area contributed by atoms with E-state index in [0.29, 0.717) is 10.0 Å². The van der Waals surface area contributed by atoms with E-state index >= 15 is 0 Å². The molecule has 0 heterocycles. The summed E-state index contributed by atoms with van der Waals surface area (Å²) in [5.74, 6) is 0. The molecule has 1 N–H and O–H groups in total. The number of hydrogen-bond acceptors (Lipinski definition) is 1. The molecular weight excluding hydrogens is 207 g/mol. The smallest absolute Gasteiger partial charge is 0.0790 e. The van der Waals surface area contributed by atoms with Crippen molar-refractivity contribution < 1.29 is 5.11 Å². The van der Waals surface area contributed by atoms with Crippen LogP contribution in [-0.4, -0.2) is 5.11 Å². The third-order valence-electron chi connectivity index (χ3n) is 1.89. The van der Waals surface area contributed by atoms with Gasteiger partial charge in [0.2, 0.25) is 0 Å². The average molecular weight is 219 g/mol. The molecule has 0 aromatic heterocycles. The second-order valence-corrected chi connectivity index (χ2v) is 3.79. The minimum absolute atomic E-state index is 0.431. The van der Waals surface area contributed by atoms with Gasteiger partial charge in [0, 0.05) is 0 Å². The molecule has 0 radical (unpaired) electrons. The highest BCUT2D eigenvalue weighted by Gasteiger charge is 2.07. The first-order valence-corrected chi connectivity index (χ1v) is 5.03. The fourth-order valence-corrected chi connectivity index (χ4v) is 1.47. The molecule has 0 amide bonds. The zero-order valence-corrected chi connectivity index (χ0v) is 8.94. The second kappa shape index (κ2) is 4.85. The van der Waals surface area contributed by atoms with E-state index in [1.807, 2.05) is 6.92 Å². The van der Waals surface area contributed by atoms with Crippen LogP contribution in [0.2, 0.25) is 10.0 Å². The molecule has 1 aromatic carbocycles. The van der Waals surface area contributed by atoms with E-state index in [1.165, 1.54) is 0 Å². The second-order valence-electron chi connectivity index (χ2n) is 2.98. The first-order valence-electron chi connectivity index (χ1n) is 4.28. The maximum absolute atomic E-state index is 9.63. The highest BCUT2D eigenvalue weighted by atomic mass is 35.5. The molecule has 0 aliphatic rings. The van der Waals surface area contributed by atoms with E-state index in [1.54, 1.807) is 18.2 Å². The van der Waals surface area contributed by atoms with Crippen molar-refractivity contribution in [1.29, 1.82) is 0 Å². The Bertz CT molecular complexity index is 286. The van der Waals surface area contributed by atoms with Gasteiger partial charge in [-0.05, 0) is 24.1 Å². The van der Waals surface area contributed by atoms with Crippen LogP contribution in [0.4, 0.5) is 0 Å². The van der Waals surface area contributed by atoms with Crippen LogP contribution in [0.3, 0.4) is 0 Å². The molecule has 0 saturated carbocycles. The molecule has 72 valence electrons. The SMILES string of the molecule is CCCC(O)c1ccc(Cl)c(Cl)c1. The summed E-state index contributed by atoms with van der Waals surface area (Å²) in [6, 6.07) is 5.22. The van der Waals surface area contributed by atoms with Crippen LogP contribution in [0.25, 0.3) is 0 Å². The van der Waals surface area contributed by atoms with E-state index in [2.05, 4.69) is 0 Å². The van der Waals surface area contributed by atoms with Gasteiger partial charge in [-0.2, -0.15) is 0 Å². The minimum atomic E-state index is -0.431. The normalized spacial score (nSPS) is 12.9. The lowest BCUT2D eigenvalue weighted by atomic mass is 10.1. The van der Waals surface area contributed by atoms with Crippen molar-refractivity contribution in [3.8, 4) is 0 Å². The van der Waals surface area contributed by atoms with E-state index < -0.39 is 6.10 Å². The molecule has 0 bridgehead atoms. The van der Waals surface area contributed by atoms with Crippen molar-refractivity contribution in [2.45, 2.75) is 25.9 Å². The number of rotatable bonds is 3. The highest BCUT2D eigenvalue weighted by Crippen LogP contribution is 2.27. The molecule has 13 heavy (non-hydrogen) atoms. The molecule has 3 heteroatoms. The Balaban J connectivity index is 2.84. The molecule has 0 fully saturated rings. The lowest BCUT2D eigenvalue weighted by molar-refractivity contribution is 0.166. The highest BCUT2D eigenvalue weighted by molar-refractivity contribution is 6.42. The molecule has 1 unspecified atom stereocenters. The Morgan fingerprint density at radius 2 is 2.00 bits per heavy atom. The van der Waals surface area contributed by atoms with Crippen molar-refractivity contribution in [2.24, 2.45) is 0 Å². The van der Waals surface area contributed by atoms with Gasteiger partial charge in [0.1, 0.15) is 0 Å². The quantitative estimate of drug-likeness (QED) is 0.818. The Morgan fingerprint density at radius 3 is 2.54 bits per heavy atom. The predicted octanol–water partition coefficient (Wildman–Crippen LogP) is 3.83. The van der Waals surface area contributed by atoms with Crippen LogP contribution in [0.15, 0.2) is 18.2 Å². The van der Waals surface area contributed by atoms with Crippen molar-refractivity contribution in [3.63, 3.8) is 0 Å². The van der Waals surface area contributed by atoms with Gasteiger partial charge in [0.15, 0.2) is 0 Å². The van der Waals surface area contributed by atoms with Gasteiger partial charge in [0.25, 0.3) is 0 Å². The number of hydrogen-bond donors (Lipinski definition) is 1. The third-order valence-corrected chi connectivity index (χ3v) is 2.63. The lowest BCUT2D eigenvalue weighted by Crippen LogP contribution is -1.96. The number of halogens is 2. The summed E-state index contributed by atoms with van der Waals surface area (Å²) < 4.78 is 0. The molecule has 0 aliphatic heterocycles. The summed E-state index contributed by atoms with van der Waals surface area (Å²) in [6.45, 7) is 2.03. The van der Waals surface area contributed by atoms with Crippen LogP contribution in [0, 0.1) is 0 Å². The maximum Gasteiger partial charge on any atom is 0.0790 e. The standard InChI is InChI=1S/C10H12Cl2O/c1-2-3-10(13)7-4-5-8(11)9(12)6-7/h4-6,10,13H,2-3H2,1H3. The molecule has 1 aromatic rings. The van der Waals surface area contributed by atoms with Crippen molar-refractivity contribution in [2.75, 3.05) is 0 Å². The van der Waals surface area contributed by atoms with Gasteiger partial charge in [-0.25, -0.2) is 0 Å². The minimum Gasteiger partial charge on any atom is -0.388 e. The van der Waals surface area contributed by atoms with Crippen molar-refractivity contribution in [1.82, 2.24) is 0 Å². The Labute approximate surface area is 88.3 Å². The topological polar surface area (TPSA) is 20.2 Å². The molecular formula is C10H12Cl2O. The fraction of sp³-hybridized carbons (Fsp3) is 0.400. The predicted molar refractivity (Wildman–Crippen MR) is 56.3 cm³/mol. The van der Waals surface area contributed by atoms with Gasteiger partial charge in [-0.1, -0.05) is 42.6 Å². The Morgan fingerprint density at radius 1 is 1.31 bits per heavy atom. The van der Waals surface area contributed by atoms with Crippen molar-refractivity contribution >= 4 is 23.2 Å². The first-order chi connectivity index (χ1) is 6.15. The van der Waals surface area contributed by atoms with E-state index in [4.69, 9.17) is 23.2 Å². The van der Waals surface area contributed by atoms with Gasteiger partial charge < -0.3 is 5.11 Å². The van der Waals surface area contributed by atoms with Crippen LogP contribution >= 0.6 is 23.2 Å². The van der Waals surface area contributed by atoms with Gasteiger partial charge in [-0.15, -0.1) is 0 Å². The third kappa shape index (κ3) is 2.87. The Hall–Kier alpha value is -0.240. The molecule has 0 aliphatic carbocycles. The van der Waals surface area contributed by atoms with Gasteiger partial charge in [0.05, 0.1) is 16.1 Å². The number of benzene rings is 1. The van der Waals surface area contributed by atoms with E-state index in [0.717, 1.165) is 18.4 Å². The summed E-state index contributed by atoms with van der Waals surface area (Å²) in [5, 5.41) is 10.7. The molecule has 1 atom stereocenters. The lowest BCUT2D eigenvalue weighted by Gasteiger charge is -2.09. The van der Waals surface area contributed by atoms with Crippen LogP contribution < -0.4 is 0 Å². The fourth-order valence-electron chi connectivity index (χ4n) is 1.16. The molecule has 0 saturated heterocycles. The average Bonchev–Trinajstić information content (AvgIpc) is 2.10. The summed E-state index contributed by atoms with van der Waals surface area (Å²) in [7, 11) is 0. The number of aliphatic hydroxyl groups is 1. The van der Waals surface area contributed by atoms with Crippen LogP contribution in [-0.2, 0) is 0 Å². The monoisotopic (exact) mass is 218 g/mol. The Kier molecular flexibility index (Phi) is 4.04. The first kappa shape index (κ1) is 10.8. The summed E-state index contributed by atoms with van der Waals surface area (Å²) in [4.78, 5) is 0. The van der Waals surface area contributed by atoms with Gasteiger partial charge >= 0.3 is 0 Å². The molecule has 0 spiro atoms. The molecule has 1 nitrogen and oxygen atoms in total. The van der Waals surface area contributed by atoms with Crippen LogP contribution in [0.5, 0.6) is 0 Å². The summed E-state index contributed by atoms with van der Waals surface area (Å²) in [5.41, 5.74) is 0.830. The van der Waals surface area contributed by atoms with E-state index in [9.17, 15) is 5.11 Å². The van der Waals surface area contributed by atoms with Crippen molar-refractivity contribution in [3.05, 3.63) is 33.8 Å². The summed E-state index contributed by atoms with van der Waals surface area (Å²) in [6.07, 6.45) is 1.26.